The van der Waals surface area contributed by atoms with Crippen molar-refractivity contribution in [2.24, 2.45) is 0 Å². The number of nitrogens with two attached hydrogens (primary N) is 1. The Morgan fingerprint density at radius 2 is 1.90 bits per heavy atom. The Labute approximate surface area is 129 Å². The van der Waals surface area contributed by atoms with Gasteiger partial charge >= 0.3 is 0 Å². The molecule has 0 unspecified atom stereocenters. The molecule has 1 aromatic rings. The zero-order chi connectivity index (χ0) is 15.5. The Kier molecular flexibility index (Phi) is 8.87. The van der Waals surface area contributed by atoms with E-state index in [0.29, 0.717) is 5.69 Å². The summed E-state index contributed by atoms with van der Waals surface area (Å²) in [5, 5.41) is 3.50. The van der Waals surface area contributed by atoms with Crippen molar-refractivity contribution in [1.82, 2.24) is 10.2 Å². The Balaban J connectivity index is 2.10. The number of hydrogen-bond donors (Lipinski definition) is 2. The second-order valence-electron chi connectivity index (χ2n) is 5.31. The van der Waals surface area contributed by atoms with E-state index >= 15 is 0 Å². The lowest BCUT2D eigenvalue weighted by molar-refractivity contribution is 0.296. The summed E-state index contributed by atoms with van der Waals surface area (Å²) in [5.41, 5.74) is 7.88. The molecular formula is C17H31N3O. The van der Waals surface area contributed by atoms with Crippen LogP contribution in [0.1, 0.15) is 32.3 Å². The van der Waals surface area contributed by atoms with E-state index in [0.717, 1.165) is 38.3 Å². The molecule has 21 heavy (non-hydrogen) atoms. The predicted molar refractivity (Wildman–Crippen MR) is 91.0 cm³/mol. The fourth-order valence-electron chi connectivity index (χ4n) is 2.42. The number of unbranched alkanes of at least 4 members (excludes halogenated alkanes) is 1. The molecule has 4 heteroatoms. The van der Waals surface area contributed by atoms with Gasteiger partial charge in [-0.2, -0.15) is 0 Å². The van der Waals surface area contributed by atoms with Crippen LogP contribution in [0.25, 0.3) is 0 Å². The first-order chi connectivity index (χ1) is 10.2. The van der Waals surface area contributed by atoms with Gasteiger partial charge in [0, 0.05) is 0 Å². The first-order valence-corrected chi connectivity index (χ1v) is 8.06. The van der Waals surface area contributed by atoms with Crippen LogP contribution in [0.5, 0.6) is 5.75 Å². The first-order valence-electron chi connectivity index (χ1n) is 8.06. The van der Waals surface area contributed by atoms with Gasteiger partial charge in [-0.25, -0.2) is 0 Å². The highest BCUT2D eigenvalue weighted by Crippen LogP contribution is 2.21. The van der Waals surface area contributed by atoms with Crippen molar-refractivity contribution in [2.45, 2.75) is 33.1 Å². The van der Waals surface area contributed by atoms with E-state index in [-0.39, 0.29) is 0 Å². The van der Waals surface area contributed by atoms with Crippen LogP contribution in [0.3, 0.4) is 0 Å². The molecule has 0 aliphatic heterocycles. The molecule has 0 aliphatic carbocycles. The summed E-state index contributed by atoms with van der Waals surface area (Å²) in [6, 6.07) is 6.02. The topological polar surface area (TPSA) is 50.5 Å². The average Bonchev–Trinajstić information content (AvgIpc) is 2.50. The van der Waals surface area contributed by atoms with E-state index in [1.807, 2.05) is 12.1 Å². The lowest BCUT2D eigenvalue weighted by Crippen LogP contribution is -2.25. The molecule has 0 amide bonds. The molecule has 0 aromatic heterocycles. The van der Waals surface area contributed by atoms with Crippen molar-refractivity contribution in [3.8, 4) is 5.75 Å². The highest BCUT2D eigenvalue weighted by molar-refractivity contribution is 5.54. The van der Waals surface area contributed by atoms with Crippen molar-refractivity contribution >= 4 is 5.69 Å². The summed E-state index contributed by atoms with van der Waals surface area (Å²) < 4.78 is 5.16. The van der Waals surface area contributed by atoms with Crippen LogP contribution >= 0.6 is 0 Å². The Hall–Kier alpha value is -1.26. The fraction of sp³-hybridized carbons (Fsp3) is 0.647. The molecule has 0 bridgehead atoms. The molecule has 0 atom stereocenters. The van der Waals surface area contributed by atoms with Crippen molar-refractivity contribution in [1.29, 1.82) is 0 Å². The zero-order valence-corrected chi connectivity index (χ0v) is 13.8. The molecule has 0 fully saturated rings. The van der Waals surface area contributed by atoms with Gasteiger partial charge in [0.05, 0.1) is 12.8 Å². The molecule has 4 nitrogen and oxygen atoms in total. The minimum absolute atomic E-state index is 0.717. The number of nitrogen functional groups attached to an aromatic ring is 1. The average molecular weight is 293 g/mol. The first kappa shape index (κ1) is 17.8. The van der Waals surface area contributed by atoms with E-state index in [1.165, 1.54) is 24.9 Å². The van der Waals surface area contributed by atoms with E-state index in [4.69, 9.17) is 10.5 Å². The maximum absolute atomic E-state index is 5.91. The molecule has 0 saturated heterocycles. The van der Waals surface area contributed by atoms with Crippen molar-refractivity contribution in [2.75, 3.05) is 45.6 Å². The predicted octanol–water partition coefficient (Wildman–Crippen LogP) is 2.53. The van der Waals surface area contributed by atoms with Gasteiger partial charge in [-0.3, -0.25) is 0 Å². The maximum atomic E-state index is 5.91. The molecule has 1 aromatic carbocycles. The van der Waals surface area contributed by atoms with E-state index in [1.54, 1.807) is 7.11 Å². The Morgan fingerprint density at radius 1 is 1.14 bits per heavy atom. The number of hydrogen-bond acceptors (Lipinski definition) is 4. The van der Waals surface area contributed by atoms with Gasteiger partial charge in [0.25, 0.3) is 0 Å². The van der Waals surface area contributed by atoms with Crippen molar-refractivity contribution in [3.63, 3.8) is 0 Å². The number of methoxy groups -OCH3 is 1. The highest BCUT2D eigenvalue weighted by atomic mass is 16.5. The lowest BCUT2D eigenvalue weighted by atomic mass is 10.1. The summed E-state index contributed by atoms with van der Waals surface area (Å²) in [6.45, 7) is 10.1. The van der Waals surface area contributed by atoms with Crippen LogP contribution < -0.4 is 15.8 Å². The summed E-state index contributed by atoms with van der Waals surface area (Å²) in [7, 11) is 1.64. The zero-order valence-electron chi connectivity index (χ0n) is 13.8. The van der Waals surface area contributed by atoms with Crippen molar-refractivity contribution in [3.05, 3.63) is 23.8 Å². The number of nitrogens with one attached hydrogen (secondary N) is 1. The lowest BCUT2D eigenvalue weighted by Gasteiger charge is -2.17. The van der Waals surface area contributed by atoms with E-state index in [2.05, 4.69) is 30.1 Å². The van der Waals surface area contributed by atoms with Gasteiger partial charge in [0.2, 0.25) is 0 Å². The Bertz CT molecular complexity index is 392. The molecule has 0 saturated carbocycles. The minimum Gasteiger partial charge on any atom is -0.495 e. The van der Waals surface area contributed by atoms with Crippen LogP contribution in [0.15, 0.2) is 18.2 Å². The SMILES string of the molecule is CCN(CC)CCCCNCCc1ccc(OC)c(N)c1. The number of anilines is 1. The fourth-order valence-corrected chi connectivity index (χ4v) is 2.42. The third-order valence-electron chi connectivity index (χ3n) is 3.86. The monoisotopic (exact) mass is 293 g/mol. The molecule has 3 N–H and O–H groups in total. The van der Waals surface area contributed by atoms with E-state index in [9.17, 15) is 0 Å². The molecule has 0 radical (unpaired) electrons. The summed E-state index contributed by atoms with van der Waals surface area (Å²) in [6.07, 6.45) is 3.51. The van der Waals surface area contributed by atoms with Gasteiger partial charge in [0.1, 0.15) is 5.75 Å². The second kappa shape index (κ2) is 10.5. The van der Waals surface area contributed by atoms with Crippen LogP contribution in [0.4, 0.5) is 5.69 Å². The van der Waals surface area contributed by atoms with Gasteiger partial charge in [0.15, 0.2) is 0 Å². The normalized spacial score (nSPS) is 11.0. The van der Waals surface area contributed by atoms with Gasteiger partial charge in [-0.1, -0.05) is 19.9 Å². The minimum atomic E-state index is 0.717. The molecule has 120 valence electrons. The third-order valence-corrected chi connectivity index (χ3v) is 3.86. The Morgan fingerprint density at radius 3 is 2.52 bits per heavy atom. The molecule has 1 rings (SSSR count). The number of nitrogens with zero attached hydrogens (tertiary/aromatic N) is 1. The van der Waals surface area contributed by atoms with Gasteiger partial charge in [-0.15, -0.1) is 0 Å². The second-order valence-corrected chi connectivity index (χ2v) is 5.31. The van der Waals surface area contributed by atoms with Crippen LogP contribution in [0, 0.1) is 0 Å². The smallest absolute Gasteiger partial charge is 0.141 e. The van der Waals surface area contributed by atoms with Crippen molar-refractivity contribution < 1.29 is 4.74 Å². The molecule has 0 heterocycles. The number of benzene rings is 1. The summed E-state index contributed by atoms with van der Waals surface area (Å²) in [4.78, 5) is 2.47. The number of ether oxygens (including phenoxy) is 1. The summed E-state index contributed by atoms with van der Waals surface area (Å²) in [5.74, 6) is 0.753. The summed E-state index contributed by atoms with van der Waals surface area (Å²) >= 11 is 0. The third kappa shape index (κ3) is 6.82. The molecular weight excluding hydrogens is 262 g/mol. The standard InChI is InChI=1S/C17H31N3O/c1-4-20(5-2)13-7-6-11-19-12-10-15-8-9-17(21-3)16(18)14-15/h8-9,14,19H,4-7,10-13,18H2,1-3H3. The highest BCUT2D eigenvalue weighted by Gasteiger charge is 2.01. The number of rotatable bonds is 11. The molecule has 0 aliphatic rings. The van der Waals surface area contributed by atoms with Crippen LogP contribution in [-0.4, -0.2) is 44.7 Å². The maximum Gasteiger partial charge on any atom is 0.141 e. The van der Waals surface area contributed by atoms with E-state index < -0.39 is 0 Å². The van der Waals surface area contributed by atoms with Crippen LogP contribution in [-0.2, 0) is 6.42 Å². The van der Waals surface area contributed by atoms with Gasteiger partial charge in [-0.05, 0) is 69.7 Å². The quantitative estimate of drug-likeness (QED) is 0.486. The van der Waals surface area contributed by atoms with Crippen LogP contribution in [0.2, 0.25) is 0 Å². The van der Waals surface area contributed by atoms with Gasteiger partial charge < -0.3 is 20.7 Å². The largest absolute Gasteiger partial charge is 0.495 e. The molecule has 0 spiro atoms.